The van der Waals surface area contributed by atoms with Crippen molar-refractivity contribution in [2.45, 2.75) is 6.55 Å². The van der Waals surface area contributed by atoms with Crippen LogP contribution in [0.4, 0.5) is 8.78 Å². The maximum atomic E-state index is 11.9. The molecule has 0 aliphatic heterocycles. The summed E-state index contributed by atoms with van der Waals surface area (Å²) >= 11 is 0. The first-order valence-electron chi connectivity index (χ1n) is 2.54. The van der Waals surface area contributed by atoms with Crippen LogP contribution in [0.5, 0.6) is 0 Å². The summed E-state index contributed by atoms with van der Waals surface area (Å²) in [4.78, 5) is 0. The van der Waals surface area contributed by atoms with Gasteiger partial charge in [0.25, 0.3) is 0 Å². The summed E-state index contributed by atoms with van der Waals surface area (Å²) in [7, 11) is 0. The van der Waals surface area contributed by atoms with E-state index in [2.05, 4.69) is 11.0 Å². The van der Waals surface area contributed by atoms with Gasteiger partial charge >= 0.3 is 6.55 Å². The van der Waals surface area contributed by atoms with Gasteiger partial charge in [-0.05, 0) is 6.07 Å². The number of nitrogens with zero attached hydrogens (tertiary/aromatic N) is 2. The van der Waals surface area contributed by atoms with Crippen molar-refractivity contribution >= 4 is 0 Å². The first kappa shape index (κ1) is 6.75. The Morgan fingerprint density at radius 3 is 2.80 bits per heavy atom. The van der Waals surface area contributed by atoms with Crippen molar-refractivity contribution in [2.75, 3.05) is 0 Å². The maximum absolute atomic E-state index is 11.9. The third-order valence-corrected chi connectivity index (χ3v) is 1.00. The second kappa shape index (κ2) is 2.48. The molecule has 10 heavy (non-hydrogen) atoms. The molecule has 0 saturated heterocycles. The monoisotopic (exact) mass is 142 g/mol. The molecule has 0 atom stereocenters. The summed E-state index contributed by atoms with van der Waals surface area (Å²) in [5.41, 5.74) is 0.0926. The number of terminal acetylenes is 1. The quantitative estimate of drug-likeness (QED) is 0.540. The van der Waals surface area contributed by atoms with Crippen LogP contribution in [0, 0.1) is 12.3 Å². The standard InChI is InChI=1S/C6H4F2N2/c1-2-5-3-4-9-10(5)6(7)8/h1,3-4,6H. The second-order valence-electron chi connectivity index (χ2n) is 1.58. The first-order chi connectivity index (χ1) is 4.75. The van der Waals surface area contributed by atoms with E-state index < -0.39 is 6.55 Å². The van der Waals surface area contributed by atoms with Crippen LogP contribution in [-0.4, -0.2) is 9.78 Å². The highest BCUT2D eigenvalue weighted by atomic mass is 19.3. The van der Waals surface area contributed by atoms with Crippen LogP contribution >= 0.6 is 0 Å². The SMILES string of the molecule is C#Cc1ccnn1C(F)F. The van der Waals surface area contributed by atoms with E-state index in [4.69, 9.17) is 6.42 Å². The minimum atomic E-state index is -2.65. The number of rotatable bonds is 1. The zero-order valence-electron chi connectivity index (χ0n) is 4.96. The Morgan fingerprint density at radius 1 is 1.70 bits per heavy atom. The zero-order chi connectivity index (χ0) is 7.56. The number of alkyl halides is 2. The fourth-order valence-corrected chi connectivity index (χ4v) is 0.584. The summed E-state index contributed by atoms with van der Waals surface area (Å²) < 4.78 is 24.2. The van der Waals surface area contributed by atoms with Gasteiger partial charge in [-0.2, -0.15) is 18.6 Å². The van der Waals surface area contributed by atoms with Gasteiger partial charge in [0.15, 0.2) is 0 Å². The van der Waals surface area contributed by atoms with Crippen LogP contribution in [0.3, 0.4) is 0 Å². The highest BCUT2D eigenvalue weighted by molar-refractivity contribution is 5.22. The molecule has 0 spiro atoms. The number of hydrogen-bond acceptors (Lipinski definition) is 1. The Bertz CT molecular complexity index is 259. The maximum Gasteiger partial charge on any atom is 0.334 e. The van der Waals surface area contributed by atoms with Gasteiger partial charge in [-0.1, -0.05) is 5.92 Å². The van der Waals surface area contributed by atoms with Gasteiger partial charge in [0, 0.05) is 0 Å². The van der Waals surface area contributed by atoms with Crippen molar-refractivity contribution in [2.24, 2.45) is 0 Å². The molecule has 0 amide bonds. The lowest BCUT2D eigenvalue weighted by atomic mass is 10.4. The minimum Gasteiger partial charge on any atom is -0.196 e. The molecule has 0 fully saturated rings. The third kappa shape index (κ3) is 0.982. The predicted octanol–water partition coefficient (Wildman–Crippen LogP) is 1.26. The molecular weight excluding hydrogens is 138 g/mol. The van der Waals surface area contributed by atoms with E-state index in [-0.39, 0.29) is 5.69 Å². The summed E-state index contributed by atoms with van der Waals surface area (Å²) in [6.45, 7) is -2.65. The Morgan fingerprint density at radius 2 is 2.40 bits per heavy atom. The molecule has 0 bridgehead atoms. The summed E-state index contributed by atoms with van der Waals surface area (Å²) in [5.74, 6) is 2.08. The smallest absolute Gasteiger partial charge is 0.196 e. The van der Waals surface area contributed by atoms with Gasteiger partial charge in [-0.25, -0.2) is 0 Å². The molecule has 1 aromatic rings. The molecule has 1 heterocycles. The van der Waals surface area contributed by atoms with Crippen LogP contribution < -0.4 is 0 Å². The molecule has 0 aliphatic rings. The molecule has 0 saturated carbocycles. The van der Waals surface area contributed by atoms with E-state index in [9.17, 15) is 8.78 Å². The van der Waals surface area contributed by atoms with E-state index in [1.807, 2.05) is 0 Å². The number of aromatic nitrogens is 2. The van der Waals surface area contributed by atoms with Crippen LogP contribution in [0.15, 0.2) is 12.3 Å². The fourth-order valence-electron chi connectivity index (χ4n) is 0.584. The molecule has 0 N–H and O–H groups in total. The summed E-state index contributed by atoms with van der Waals surface area (Å²) in [6.07, 6.45) is 6.13. The number of hydrogen-bond donors (Lipinski definition) is 0. The van der Waals surface area contributed by atoms with Gasteiger partial charge in [0.05, 0.1) is 6.20 Å². The molecule has 2 nitrogen and oxygen atoms in total. The predicted molar refractivity (Wildman–Crippen MR) is 31.4 cm³/mol. The molecule has 1 aromatic heterocycles. The van der Waals surface area contributed by atoms with Gasteiger partial charge in [-0.3, -0.25) is 0 Å². The summed E-state index contributed by atoms with van der Waals surface area (Å²) in [5, 5.41) is 3.31. The van der Waals surface area contributed by atoms with Crippen LogP contribution in [-0.2, 0) is 0 Å². The van der Waals surface area contributed by atoms with Gasteiger partial charge in [-0.15, -0.1) is 6.42 Å². The Labute approximate surface area is 56.5 Å². The molecule has 0 aromatic carbocycles. The minimum absolute atomic E-state index is 0.0926. The average molecular weight is 142 g/mol. The lowest BCUT2D eigenvalue weighted by molar-refractivity contribution is 0.0557. The largest absolute Gasteiger partial charge is 0.334 e. The van der Waals surface area contributed by atoms with Crippen LogP contribution in [0.1, 0.15) is 12.2 Å². The van der Waals surface area contributed by atoms with Crippen molar-refractivity contribution in [1.29, 1.82) is 0 Å². The average Bonchev–Trinajstić information content (AvgIpc) is 2.33. The molecule has 1 rings (SSSR count). The lowest BCUT2D eigenvalue weighted by Gasteiger charge is -1.98. The molecule has 0 unspecified atom stereocenters. The highest BCUT2D eigenvalue weighted by Crippen LogP contribution is 2.10. The Kier molecular flexibility index (Phi) is 1.67. The topological polar surface area (TPSA) is 17.8 Å². The van der Waals surface area contributed by atoms with Crippen molar-refractivity contribution in [1.82, 2.24) is 9.78 Å². The van der Waals surface area contributed by atoms with Gasteiger partial charge < -0.3 is 0 Å². The molecular formula is C6H4F2N2. The zero-order valence-corrected chi connectivity index (χ0v) is 4.96. The van der Waals surface area contributed by atoms with Crippen LogP contribution in [0.25, 0.3) is 0 Å². The molecule has 0 radical (unpaired) electrons. The lowest BCUT2D eigenvalue weighted by Crippen LogP contribution is -2.02. The van der Waals surface area contributed by atoms with E-state index in [0.29, 0.717) is 4.68 Å². The third-order valence-electron chi connectivity index (χ3n) is 1.00. The second-order valence-corrected chi connectivity index (χ2v) is 1.58. The fraction of sp³-hybridized carbons (Fsp3) is 0.167. The van der Waals surface area contributed by atoms with Gasteiger partial charge in [0.2, 0.25) is 0 Å². The highest BCUT2D eigenvalue weighted by Gasteiger charge is 2.08. The van der Waals surface area contributed by atoms with Crippen molar-refractivity contribution in [3.63, 3.8) is 0 Å². The van der Waals surface area contributed by atoms with Crippen molar-refractivity contribution in [3.8, 4) is 12.3 Å². The van der Waals surface area contributed by atoms with E-state index in [1.54, 1.807) is 0 Å². The van der Waals surface area contributed by atoms with E-state index in [1.165, 1.54) is 12.3 Å². The van der Waals surface area contributed by atoms with Crippen molar-refractivity contribution in [3.05, 3.63) is 18.0 Å². The Hall–Kier alpha value is -1.37. The first-order valence-corrected chi connectivity index (χ1v) is 2.54. The van der Waals surface area contributed by atoms with E-state index in [0.717, 1.165) is 0 Å². The van der Waals surface area contributed by atoms with E-state index >= 15 is 0 Å². The Balaban J connectivity index is 3.05. The molecule has 4 heteroatoms. The molecule has 52 valence electrons. The normalized spacial score (nSPS) is 9.80. The molecule has 0 aliphatic carbocycles. The van der Waals surface area contributed by atoms with Crippen molar-refractivity contribution < 1.29 is 8.78 Å². The summed E-state index contributed by atoms with van der Waals surface area (Å²) in [6, 6.07) is 1.35. The van der Waals surface area contributed by atoms with Gasteiger partial charge in [0.1, 0.15) is 5.69 Å². The number of halogens is 2. The van der Waals surface area contributed by atoms with Crippen LogP contribution in [0.2, 0.25) is 0 Å².